The molecule has 9 heteroatoms. The summed E-state index contributed by atoms with van der Waals surface area (Å²) < 4.78 is 5.22. The second kappa shape index (κ2) is 9.67. The van der Waals surface area contributed by atoms with E-state index in [0.717, 1.165) is 0 Å². The highest BCUT2D eigenvalue weighted by molar-refractivity contribution is 6.42. The molecule has 1 aromatic heterocycles. The van der Waals surface area contributed by atoms with E-state index in [1.54, 1.807) is 60.7 Å². The molecule has 4 aromatic rings. The van der Waals surface area contributed by atoms with Crippen molar-refractivity contribution in [2.45, 2.75) is 5.92 Å². The first-order chi connectivity index (χ1) is 15.8. The molecule has 4 rings (SSSR count). The number of fused-ring (bicyclic) bond motifs is 1. The quantitative estimate of drug-likeness (QED) is 0.288. The smallest absolute Gasteiger partial charge is 0.315 e. The van der Waals surface area contributed by atoms with Crippen LogP contribution in [0.4, 0.5) is 5.69 Å². The Morgan fingerprint density at radius 2 is 1.79 bits per heavy atom. The Labute approximate surface area is 203 Å². The molecular weight excluding hydrogens is 487 g/mol. The molecule has 0 radical (unpaired) electrons. The van der Waals surface area contributed by atoms with Gasteiger partial charge < -0.3 is 14.8 Å². The molecule has 0 spiro atoms. The minimum atomic E-state index is -1.05. The van der Waals surface area contributed by atoms with E-state index in [-0.39, 0.29) is 10.9 Å². The lowest BCUT2D eigenvalue weighted by atomic mass is 9.90. The van der Waals surface area contributed by atoms with Crippen LogP contribution < -0.4 is 5.32 Å². The van der Waals surface area contributed by atoms with Gasteiger partial charge in [-0.05, 0) is 59.2 Å². The third-order valence-corrected chi connectivity index (χ3v) is 5.95. The summed E-state index contributed by atoms with van der Waals surface area (Å²) in [5.74, 6) is -2.42. The Morgan fingerprint density at radius 1 is 0.970 bits per heavy atom. The summed E-state index contributed by atoms with van der Waals surface area (Å²) in [5, 5.41) is 13.5. The van der Waals surface area contributed by atoms with Crippen molar-refractivity contribution in [1.29, 1.82) is 0 Å². The zero-order chi connectivity index (χ0) is 23.5. The number of rotatable bonds is 6. The van der Waals surface area contributed by atoms with Crippen LogP contribution in [0.3, 0.4) is 0 Å². The van der Waals surface area contributed by atoms with Gasteiger partial charge >= 0.3 is 5.97 Å². The SMILES string of the molecule is O=C(C=Cc1ccc(C(C(=O)O)c2ccc3ocnc3c2)c(Cl)c1)Nc1ccc(Cl)c(Cl)c1. The van der Waals surface area contributed by atoms with E-state index in [1.165, 1.54) is 12.5 Å². The number of halogens is 3. The highest BCUT2D eigenvalue weighted by Crippen LogP contribution is 2.33. The number of nitrogens with zero attached hydrogens (tertiary/aromatic N) is 1. The molecule has 6 nitrogen and oxygen atoms in total. The molecule has 1 amide bonds. The van der Waals surface area contributed by atoms with Crippen molar-refractivity contribution < 1.29 is 19.1 Å². The summed E-state index contributed by atoms with van der Waals surface area (Å²) in [6, 6.07) is 14.7. The van der Waals surface area contributed by atoms with Crippen LogP contribution in [0.25, 0.3) is 17.2 Å². The number of hydrogen-bond donors (Lipinski definition) is 2. The minimum Gasteiger partial charge on any atom is -0.481 e. The van der Waals surface area contributed by atoms with Crippen molar-refractivity contribution in [2.75, 3.05) is 5.32 Å². The van der Waals surface area contributed by atoms with E-state index in [9.17, 15) is 14.7 Å². The van der Waals surface area contributed by atoms with Gasteiger partial charge in [-0.2, -0.15) is 0 Å². The van der Waals surface area contributed by atoms with E-state index >= 15 is 0 Å². The Balaban J connectivity index is 1.54. The van der Waals surface area contributed by atoms with Gasteiger partial charge in [-0.3, -0.25) is 9.59 Å². The number of anilines is 1. The van der Waals surface area contributed by atoms with Crippen LogP contribution in [0.2, 0.25) is 15.1 Å². The van der Waals surface area contributed by atoms with E-state index in [0.29, 0.717) is 43.5 Å². The molecule has 33 heavy (non-hydrogen) atoms. The fraction of sp³-hybridized carbons (Fsp3) is 0.0417. The number of amides is 1. The molecule has 0 bridgehead atoms. The van der Waals surface area contributed by atoms with Gasteiger partial charge in [-0.1, -0.05) is 53.0 Å². The van der Waals surface area contributed by atoms with E-state index in [1.807, 2.05) is 0 Å². The second-order valence-electron chi connectivity index (χ2n) is 7.08. The molecule has 2 N–H and O–H groups in total. The van der Waals surface area contributed by atoms with Crippen LogP contribution in [0.5, 0.6) is 0 Å². The highest BCUT2D eigenvalue weighted by Gasteiger charge is 2.25. The predicted molar refractivity (Wildman–Crippen MR) is 129 cm³/mol. The fourth-order valence-corrected chi connectivity index (χ4v) is 3.92. The Morgan fingerprint density at radius 3 is 2.52 bits per heavy atom. The third-order valence-electron chi connectivity index (χ3n) is 4.88. The third kappa shape index (κ3) is 5.20. The van der Waals surface area contributed by atoms with Crippen molar-refractivity contribution in [3.05, 3.63) is 98.8 Å². The van der Waals surface area contributed by atoms with Crippen LogP contribution in [-0.4, -0.2) is 22.0 Å². The number of carbonyl (C=O) groups excluding carboxylic acids is 1. The number of aliphatic carboxylic acids is 1. The fourth-order valence-electron chi connectivity index (χ4n) is 3.32. The molecule has 3 aromatic carbocycles. The molecular formula is C24H15Cl3N2O4. The highest BCUT2D eigenvalue weighted by atomic mass is 35.5. The van der Waals surface area contributed by atoms with Crippen LogP contribution in [0, 0.1) is 0 Å². The molecule has 0 fully saturated rings. The van der Waals surface area contributed by atoms with Crippen LogP contribution in [-0.2, 0) is 9.59 Å². The van der Waals surface area contributed by atoms with Crippen molar-refractivity contribution in [3.8, 4) is 0 Å². The number of benzene rings is 3. The summed E-state index contributed by atoms with van der Waals surface area (Å²) in [4.78, 5) is 28.3. The second-order valence-corrected chi connectivity index (χ2v) is 8.30. The van der Waals surface area contributed by atoms with Gasteiger partial charge in [0.05, 0.1) is 10.0 Å². The largest absolute Gasteiger partial charge is 0.481 e. The average Bonchev–Trinajstić information content (AvgIpc) is 3.24. The summed E-state index contributed by atoms with van der Waals surface area (Å²) >= 11 is 18.3. The topological polar surface area (TPSA) is 92.4 Å². The number of carboxylic acid groups (broad SMARTS) is 1. The predicted octanol–water partition coefficient (Wildman–Crippen LogP) is 6.66. The van der Waals surface area contributed by atoms with Gasteiger partial charge in [0.25, 0.3) is 0 Å². The van der Waals surface area contributed by atoms with Gasteiger partial charge in [0.2, 0.25) is 5.91 Å². The number of oxazole rings is 1. The first-order valence-electron chi connectivity index (χ1n) is 9.61. The zero-order valence-corrected chi connectivity index (χ0v) is 19.0. The summed E-state index contributed by atoms with van der Waals surface area (Å²) in [5.41, 5.74) is 3.19. The van der Waals surface area contributed by atoms with Gasteiger partial charge in [-0.15, -0.1) is 0 Å². The summed E-state index contributed by atoms with van der Waals surface area (Å²) in [6.45, 7) is 0. The monoisotopic (exact) mass is 500 g/mol. The first-order valence-corrected chi connectivity index (χ1v) is 10.7. The molecule has 1 unspecified atom stereocenters. The maximum atomic E-state index is 12.2. The number of carbonyl (C=O) groups is 2. The average molecular weight is 502 g/mol. The lowest BCUT2D eigenvalue weighted by molar-refractivity contribution is -0.137. The van der Waals surface area contributed by atoms with E-state index in [4.69, 9.17) is 39.2 Å². The van der Waals surface area contributed by atoms with Crippen molar-refractivity contribution in [1.82, 2.24) is 4.98 Å². The first kappa shape index (κ1) is 22.9. The number of hydrogen-bond acceptors (Lipinski definition) is 4. The number of aromatic nitrogens is 1. The Kier molecular flexibility index (Phi) is 6.70. The molecule has 166 valence electrons. The minimum absolute atomic E-state index is 0.259. The molecule has 1 atom stereocenters. The van der Waals surface area contributed by atoms with Crippen LogP contribution >= 0.6 is 34.8 Å². The molecule has 0 aliphatic carbocycles. The summed E-state index contributed by atoms with van der Waals surface area (Å²) in [6.07, 6.45) is 4.21. The van der Waals surface area contributed by atoms with Crippen LogP contribution in [0.15, 0.2) is 71.5 Å². The van der Waals surface area contributed by atoms with Gasteiger partial charge in [-0.25, -0.2) is 4.98 Å². The van der Waals surface area contributed by atoms with Crippen LogP contribution in [0.1, 0.15) is 22.6 Å². The maximum absolute atomic E-state index is 12.2. The van der Waals surface area contributed by atoms with E-state index < -0.39 is 11.9 Å². The van der Waals surface area contributed by atoms with Crippen molar-refractivity contribution in [3.63, 3.8) is 0 Å². The van der Waals surface area contributed by atoms with E-state index in [2.05, 4.69) is 10.3 Å². The van der Waals surface area contributed by atoms with Crippen molar-refractivity contribution in [2.24, 2.45) is 0 Å². The van der Waals surface area contributed by atoms with Gasteiger partial charge in [0.1, 0.15) is 11.4 Å². The number of nitrogens with one attached hydrogen (secondary N) is 1. The van der Waals surface area contributed by atoms with Gasteiger partial charge in [0.15, 0.2) is 12.0 Å². The van der Waals surface area contributed by atoms with Crippen molar-refractivity contribution >= 4 is 69.5 Å². The normalized spacial score (nSPS) is 12.2. The molecule has 0 aliphatic heterocycles. The summed E-state index contributed by atoms with van der Waals surface area (Å²) in [7, 11) is 0. The van der Waals surface area contributed by atoms with Gasteiger partial charge in [0, 0.05) is 16.8 Å². The standard InChI is InChI=1S/C24H15Cl3N2O4/c25-17-6-4-15(11-19(17)27)29-22(30)8-2-13-1-5-16(18(26)9-13)23(24(31)32)14-3-7-21-20(10-14)28-12-33-21/h1-12,23H,(H,29,30)(H,31,32). The lowest BCUT2D eigenvalue weighted by Crippen LogP contribution is -2.13. The molecule has 1 heterocycles. The Bertz CT molecular complexity index is 1400. The molecule has 0 aliphatic rings. The number of carboxylic acids is 1. The maximum Gasteiger partial charge on any atom is 0.315 e. The Hall–Kier alpha value is -3.32. The molecule has 0 saturated carbocycles. The molecule has 0 saturated heterocycles. The zero-order valence-electron chi connectivity index (χ0n) is 16.8. The lowest BCUT2D eigenvalue weighted by Gasteiger charge is -2.15.